The summed E-state index contributed by atoms with van der Waals surface area (Å²) in [5.74, 6) is -1.08. The van der Waals surface area contributed by atoms with Crippen molar-refractivity contribution in [2.45, 2.75) is 46.0 Å². The molecule has 2 aliphatic heterocycles. The Morgan fingerprint density at radius 1 is 0.969 bits per heavy atom. The van der Waals surface area contributed by atoms with Crippen molar-refractivity contribution in [3.63, 3.8) is 0 Å². The molecule has 2 heterocycles. The maximum Gasteiger partial charge on any atom is 0.177 e. The number of allylic oxidation sites excluding steroid dienone is 4. The summed E-state index contributed by atoms with van der Waals surface area (Å²) in [4.78, 5) is 15.9. The fourth-order valence-corrected chi connectivity index (χ4v) is 7.16. The molecule has 0 bridgehead atoms. The predicted octanol–water partition coefficient (Wildman–Crippen LogP) is 5.41. The maximum absolute atomic E-state index is 13.7. The minimum atomic E-state index is -3.55. The number of benzene rings is 2. The van der Waals surface area contributed by atoms with Crippen molar-refractivity contribution in [3.8, 4) is 0 Å². The van der Waals surface area contributed by atoms with Gasteiger partial charge in [0.15, 0.2) is 15.6 Å². The lowest BCUT2D eigenvalue weighted by molar-refractivity contribution is -0.118. The average Bonchev–Trinajstić information content (AvgIpc) is 3.02. The molecular formula is C26H26FNO3S. The molecule has 1 aliphatic carbocycles. The van der Waals surface area contributed by atoms with Gasteiger partial charge in [-0.3, -0.25) is 4.79 Å². The number of ketones is 1. The van der Waals surface area contributed by atoms with Crippen molar-refractivity contribution in [2.24, 2.45) is 5.41 Å². The summed E-state index contributed by atoms with van der Waals surface area (Å²) in [5, 5.41) is 0. The first-order valence-corrected chi connectivity index (χ1v) is 12.6. The zero-order valence-electron chi connectivity index (χ0n) is 18.5. The molecule has 1 atom stereocenters. The second kappa shape index (κ2) is 7.14. The number of rotatable bonds is 2. The van der Waals surface area contributed by atoms with E-state index in [0.29, 0.717) is 35.3 Å². The Morgan fingerprint density at radius 3 is 2.28 bits per heavy atom. The van der Waals surface area contributed by atoms with Gasteiger partial charge in [0.05, 0.1) is 16.6 Å². The van der Waals surface area contributed by atoms with Crippen LogP contribution in [-0.2, 0) is 14.6 Å². The molecular weight excluding hydrogens is 425 g/mol. The first kappa shape index (κ1) is 21.1. The van der Waals surface area contributed by atoms with Crippen LogP contribution in [0.2, 0.25) is 0 Å². The molecule has 0 aromatic heterocycles. The fourth-order valence-electron chi connectivity index (χ4n) is 5.31. The standard InChI is InChI=1S/C26H26FNO3S/c1-16-4-10-19(11-5-16)28-20-12-13-32(30,31)25(20)23(17-6-8-18(27)9-7-17)24-21(28)14-26(2,3)15-22(24)29/h4-11,23H,12-15H2,1-3H3. The van der Waals surface area contributed by atoms with Crippen molar-refractivity contribution in [1.29, 1.82) is 0 Å². The molecule has 0 N–H and O–H groups in total. The van der Waals surface area contributed by atoms with E-state index in [-0.39, 0.29) is 22.8 Å². The average molecular weight is 452 g/mol. The van der Waals surface area contributed by atoms with Gasteiger partial charge in [-0.1, -0.05) is 43.7 Å². The van der Waals surface area contributed by atoms with E-state index in [1.165, 1.54) is 12.1 Å². The molecule has 2 aromatic rings. The highest BCUT2D eigenvalue weighted by Gasteiger charge is 2.50. The van der Waals surface area contributed by atoms with Crippen LogP contribution in [0.5, 0.6) is 0 Å². The van der Waals surface area contributed by atoms with Crippen LogP contribution in [0.1, 0.15) is 50.2 Å². The van der Waals surface area contributed by atoms with Crippen molar-refractivity contribution in [1.82, 2.24) is 0 Å². The van der Waals surface area contributed by atoms with E-state index < -0.39 is 15.8 Å². The Balaban J connectivity index is 1.82. The van der Waals surface area contributed by atoms with Crippen LogP contribution in [0.3, 0.4) is 0 Å². The summed E-state index contributed by atoms with van der Waals surface area (Å²) in [7, 11) is -3.55. The first-order valence-electron chi connectivity index (χ1n) is 10.9. The normalized spacial score (nSPS) is 23.9. The summed E-state index contributed by atoms with van der Waals surface area (Å²) >= 11 is 0. The SMILES string of the molecule is Cc1ccc(N2C3=C(C(=O)CC(C)(C)C3)C(c3ccc(F)cc3)C3=C2CCS3(=O)=O)cc1. The zero-order valence-corrected chi connectivity index (χ0v) is 19.3. The number of Topliss-reactive ketones (excluding diaryl/α,β-unsaturated/α-hetero) is 1. The number of hydrogen-bond acceptors (Lipinski definition) is 4. The highest BCUT2D eigenvalue weighted by atomic mass is 32.2. The van der Waals surface area contributed by atoms with Gasteiger partial charge in [0.2, 0.25) is 0 Å². The molecule has 0 saturated heterocycles. The van der Waals surface area contributed by atoms with Crippen LogP contribution in [0, 0.1) is 18.2 Å². The van der Waals surface area contributed by atoms with Crippen LogP contribution in [0.15, 0.2) is 70.4 Å². The Labute approximate surface area is 188 Å². The molecule has 3 aliphatic rings. The quantitative estimate of drug-likeness (QED) is 0.613. The highest BCUT2D eigenvalue weighted by molar-refractivity contribution is 7.95. The molecule has 32 heavy (non-hydrogen) atoms. The molecule has 0 radical (unpaired) electrons. The molecule has 5 rings (SSSR count). The minimum Gasteiger partial charge on any atom is -0.316 e. The van der Waals surface area contributed by atoms with Gasteiger partial charge in [-0.25, -0.2) is 12.8 Å². The molecule has 166 valence electrons. The van der Waals surface area contributed by atoms with Crippen molar-refractivity contribution in [3.05, 3.63) is 87.3 Å². The molecule has 0 fully saturated rings. The van der Waals surface area contributed by atoms with Crippen LogP contribution in [0.4, 0.5) is 10.1 Å². The number of aryl methyl sites for hydroxylation is 1. The van der Waals surface area contributed by atoms with Crippen molar-refractivity contribution in [2.75, 3.05) is 10.7 Å². The van der Waals surface area contributed by atoms with Gasteiger partial charge in [-0.15, -0.1) is 0 Å². The van der Waals surface area contributed by atoms with Gasteiger partial charge in [-0.05, 0) is 48.6 Å². The third-order valence-corrected chi connectivity index (χ3v) is 8.59. The summed E-state index contributed by atoms with van der Waals surface area (Å²) in [6.45, 7) is 6.15. The van der Waals surface area contributed by atoms with Gasteiger partial charge in [-0.2, -0.15) is 0 Å². The second-order valence-corrected chi connectivity index (χ2v) is 11.9. The summed E-state index contributed by atoms with van der Waals surface area (Å²) in [5.41, 5.74) is 4.55. The molecule has 4 nitrogen and oxygen atoms in total. The molecule has 2 aromatic carbocycles. The Morgan fingerprint density at radius 2 is 1.62 bits per heavy atom. The Bertz CT molecular complexity index is 1290. The van der Waals surface area contributed by atoms with Gasteiger partial charge in [0, 0.05) is 35.5 Å². The summed E-state index contributed by atoms with van der Waals surface area (Å²) in [6.07, 6.45) is 1.42. The lowest BCUT2D eigenvalue weighted by Gasteiger charge is -2.44. The largest absolute Gasteiger partial charge is 0.316 e. The van der Waals surface area contributed by atoms with Gasteiger partial charge >= 0.3 is 0 Å². The molecule has 0 spiro atoms. The number of anilines is 1. The third kappa shape index (κ3) is 3.32. The topological polar surface area (TPSA) is 54.5 Å². The first-order chi connectivity index (χ1) is 15.1. The number of halogens is 1. The van der Waals surface area contributed by atoms with Crippen LogP contribution in [0.25, 0.3) is 0 Å². The molecule has 0 amide bonds. The lowest BCUT2D eigenvalue weighted by Crippen LogP contribution is -2.39. The van der Waals surface area contributed by atoms with Gasteiger partial charge < -0.3 is 4.90 Å². The Hall–Kier alpha value is -2.73. The highest BCUT2D eigenvalue weighted by Crippen LogP contribution is 2.54. The van der Waals surface area contributed by atoms with E-state index in [0.717, 1.165) is 22.6 Å². The molecule has 6 heteroatoms. The van der Waals surface area contributed by atoms with E-state index in [2.05, 4.69) is 13.8 Å². The van der Waals surface area contributed by atoms with E-state index in [1.807, 2.05) is 36.1 Å². The smallest absolute Gasteiger partial charge is 0.177 e. The summed E-state index contributed by atoms with van der Waals surface area (Å²) < 4.78 is 40.3. The fraction of sp³-hybridized carbons (Fsp3) is 0.346. The monoisotopic (exact) mass is 451 g/mol. The Kier molecular flexibility index (Phi) is 4.71. The van der Waals surface area contributed by atoms with Gasteiger partial charge in [0.1, 0.15) is 5.82 Å². The predicted molar refractivity (Wildman–Crippen MR) is 123 cm³/mol. The van der Waals surface area contributed by atoms with Crippen molar-refractivity contribution < 1.29 is 17.6 Å². The number of carbonyl (C=O) groups excluding carboxylic acids is 1. The van der Waals surface area contributed by atoms with Gasteiger partial charge in [0.25, 0.3) is 0 Å². The lowest BCUT2D eigenvalue weighted by atomic mass is 9.70. The zero-order chi connectivity index (χ0) is 22.8. The minimum absolute atomic E-state index is 0.0237. The van der Waals surface area contributed by atoms with Crippen LogP contribution in [-0.4, -0.2) is 20.0 Å². The van der Waals surface area contributed by atoms with E-state index in [9.17, 15) is 17.6 Å². The number of nitrogens with zero attached hydrogens (tertiary/aromatic N) is 1. The summed E-state index contributed by atoms with van der Waals surface area (Å²) in [6, 6.07) is 13.9. The second-order valence-electron chi connectivity index (χ2n) is 9.84. The van der Waals surface area contributed by atoms with E-state index in [1.54, 1.807) is 12.1 Å². The molecule has 0 saturated carbocycles. The maximum atomic E-state index is 13.7. The third-order valence-electron chi connectivity index (χ3n) is 6.71. The van der Waals surface area contributed by atoms with E-state index in [4.69, 9.17) is 0 Å². The van der Waals surface area contributed by atoms with Crippen LogP contribution >= 0.6 is 0 Å². The number of carbonyl (C=O) groups is 1. The number of hydrogen-bond donors (Lipinski definition) is 0. The molecule has 1 unspecified atom stereocenters. The number of sulfone groups is 1. The van der Waals surface area contributed by atoms with Crippen molar-refractivity contribution >= 4 is 21.3 Å². The van der Waals surface area contributed by atoms with E-state index >= 15 is 0 Å². The van der Waals surface area contributed by atoms with Crippen LogP contribution < -0.4 is 4.90 Å².